The Balaban J connectivity index is 2.12. The summed E-state index contributed by atoms with van der Waals surface area (Å²) in [6, 6.07) is 9.04. The van der Waals surface area contributed by atoms with E-state index in [-0.39, 0.29) is 26.0 Å². The summed E-state index contributed by atoms with van der Waals surface area (Å²) in [5, 5.41) is 30.2. The highest BCUT2D eigenvalue weighted by Gasteiger charge is 2.39. The van der Waals surface area contributed by atoms with E-state index in [4.69, 9.17) is 10.00 Å². The van der Waals surface area contributed by atoms with Gasteiger partial charge in [0.1, 0.15) is 6.23 Å². The molecule has 5 heteroatoms. The lowest BCUT2D eigenvalue weighted by Gasteiger charge is -2.23. The molecule has 1 aliphatic heterocycles. The molecule has 1 aliphatic rings. The predicted molar refractivity (Wildman–Crippen MR) is 59.9 cm³/mol. The predicted octanol–water partition coefficient (Wildman–Crippen LogP) is -0.0999. The topological polar surface area (TPSA) is 85.5 Å². The Kier molecular flexibility index (Phi) is 3.41. The molecule has 5 nitrogen and oxygen atoms in total. The number of hydrogen-bond acceptors (Lipinski definition) is 5. The monoisotopic (exact) mass is 234 g/mol. The molecule has 1 unspecified atom stereocenters. The van der Waals surface area contributed by atoms with E-state index in [1.54, 1.807) is 24.3 Å². The molecule has 0 amide bonds. The standard InChI is InChI=1S/C12H14N2O3/c13-5-9-1-3-10(4-2-9)11-14-12(6-15,7-16)8-17-11/h1-4,11,14-16H,6-8H2. The van der Waals surface area contributed by atoms with Gasteiger partial charge in [-0.2, -0.15) is 5.26 Å². The fourth-order valence-electron chi connectivity index (χ4n) is 1.75. The van der Waals surface area contributed by atoms with Crippen molar-refractivity contribution in [1.82, 2.24) is 5.32 Å². The van der Waals surface area contributed by atoms with E-state index in [0.29, 0.717) is 5.56 Å². The van der Waals surface area contributed by atoms with Gasteiger partial charge in [0, 0.05) is 0 Å². The summed E-state index contributed by atoms with van der Waals surface area (Å²) in [5.41, 5.74) is 0.675. The highest BCUT2D eigenvalue weighted by molar-refractivity contribution is 5.32. The van der Waals surface area contributed by atoms with Crippen LogP contribution in [-0.2, 0) is 4.74 Å². The second-order valence-electron chi connectivity index (χ2n) is 4.17. The van der Waals surface area contributed by atoms with Crippen molar-refractivity contribution in [3.8, 4) is 6.07 Å². The maximum absolute atomic E-state index is 9.22. The third-order valence-corrected chi connectivity index (χ3v) is 2.91. The summed E-state index contributed by atoms with van der Waals surface area (Å²) in [6.07, 6.45) is -0.359. The number of rotatable bonds is 3. The van der Waals surface area contributed by atoms with Gasteiger partial charge in [-0.05, 0) is 17.7 Å². The van der Waals surface area contributed by atoms with Crippen molar-refractivity contribution in [3.05, 3.63) is 35.4 Å². The van der Waals surface area contributed by atoms with Crippen molar-refractivity contribution >= 4 is 0 Å². The maximum Gasteiger partial charge on any atom is 0.135 e. The summed E-state index contributed by atoms with van der Waals surface area (Å²) in [5.74, 6) is 0. The van der Waals surface area contributed by atoms with E-state index >= 15 is 0 Å². The van der Waals surface area contributed by atoms with E-state index in [2.05, 4.69) is 5.32 Å². The first-order valence-corrected chi connectivity index (χ1v) is 5.34. The van der Waals surface area contributed by atoms with Crippen LogP contribution in [-0.4, -0.2) is 35.6 Å². The summed E-state index contributed by atoms with van der Waals surface area (Å²) in [4.78, 5) is 0. The normalized spacial score (nSPS) is 22.3. The van der Waals surface area contributed by atoms with Crippen LogP contribution in [0.2, 0.25) is 0 Å². The van der Waals surface area contributed by atoms with Crippen LogP contribution in [0.4, 0.5) is 0 Å². The summed E-state index contributed by atoms with van der Waals surface area (Å²) >= 11 is 0. The minimum Gasteiger partial charge on any atom is -0.394 e. The third-order valence-electron chi connectivity index (χ3n) is 2.91. The number of aliphatic hydroxyl groups excluding tert-OH is 2. The SMILES string of the molecule is N#Cc1ccc(C2NC(CO)(CO)CO2)cc1. The van der Waals surface area contributed by atoms with Gasteiger partial charge in [0.2, 0.25) is 0 Å². The van der Waals surface area contributed by atoms with E-state index in [1.807, 2.05) is 6.07 Å². The quantitative estimate of drug-likeness (QED) is 0.680. The lowest BCUT2D eigenvalue weighted by molar-refractivity contribution is 0.0760. The van der Waals surface area contributed by atoms with Gasteiger partial charge in [0.15, 0.2) is 0 Å². The molecule has 1 atom stereocenters. The average molecular weight is 234 g/mol. The number of nitrogens with zero attached hydrogens (tertiary/aromatic N) is 1. The molecule has 0 bridgehead atoms. The fraction of sp³-hybridized carbons (Fsp3) is 0.417. The van der Waals surface area contributed by atoms with Crippen LogP contribution in [0.25, 0.3) is 0 Å². The summed E-state index contributed by atoms with van der Waals surface area (Å²) in [7, 11) is 0. The first-order chi connectivity index (χ1) is 8.23. The molecule has 1 heterocycles. The zero-order valence-electron chi connectivity index (χ0n) is 9.26. The first kappa shape index (κ1) is 12.0. The van der Waals surface area contributed by atoms with Crippen LogP contribution in [0.15, 0.2) is 24.3 Å². The Morgan fingerprint density at radius 1 is 1.35 bits per heavy atom. The average Bonchev–Trinajstić information content (AvgIpc) is 2.84. The van der Waals surface area contributed by atoms with Gasteiger partial charge in [-0.1, -0.05) is 12.1 Å². The maximum atomic E-state index is 9.22. The molecule has 1 fully saturated rings. The van der Waals surface area contributed by atoms with Crippen molar-refractivity contribution < 1.29 is 14.9 Å². The minimum absolute atomic E-state index is 0.184. The zero-order valence-corrected chi connectivity index (χ0v) is 9.26. The van der Waals surface area contributed by atoms with Crippen LogP contribution in [0.3, 0.4) is 0 Å². The molecule has 1 aromatic carbocycles. The number of nitrogens with one attached hydrogen (secondary N) is 1. The number of ether oxygens (including phenoxy) is 1. The van der Waals surface area contributed by atoms with Gasteiger partial charge in [0.05, 0.1) is 37.0 Å². The fourth-order valence-corrected chi connectivity index (χ4v) is 1.75. The molecule has 0 radical (unpaired) electrons. The highest BCUT2D eigenvalue weighted by Crippen LogP contribution is 2.26. The van der Waals surface area contributed by atoms with Crippen molar-refractivity contribution in [2.75, 3.05) is 19.8 Å². The Morgan fingerprint density at radius 2 is 2.00 bits per heavy atom. The molecular formula is C12H14N2O3. The van der Waals surface area contributed by atoms with Crippen LogP contribution in [0.1, 0.15) is 17.4 Å². The molecule has 2 rings (SSSR count). The Hall–Kier alpha value is -1.45. The molecule has 1 saturated heterocycles. The summed E-state index contributed by atoms with van der Waals surface area (Å²) in [6.45, 7) is -0.114. The van der Waals surface area contributed by atoms with Crippen LogP contribution >= 0.6 is 0 Å². The van der Waals surface area contributed by atoms with Gasteiger partial charge >= 0.3 is 0 Å². The van der Waals surface area contributed by atoms with Gasteiger partial charge in [-0.15, -0.1) is 0 Å². The van der Waals surface area contributed by atoms with Gasteiger partial charge in [-0.3, -0.25) is 5.32 Å². The van der Waals surface area contributed by atoms with Crippen molar-refractivity contribution in [3.63, 3.8) is 0 Å². The molecule has 1 aromatic rings. The van der Waals surface area contributed by atoms with E-state index < -0.39 is 5.54 Å². The lowest BCUT2D eigenvalue weighted by Crippen LogP contribution is -2.49. The first-order valence-electron chi connectivity index (χ1n) is 5.34. The third kappa shape index (κ3) is 2.30. The smallest absolute Gasteiger partial charge is 0.135 e. The van der Waals surface area contributed by atoms with Crippen LogP contribution < -0.4 is 5.32 Å². The summed E-state index contributed by atoms with van der Waals surface area (Å²) < 4.78 is 5.50. The van der Waals surface area contributed by atoms with Gasteiger partial charge in [-0.25, -0.2) is 0 Å². The highest BCUT2D eigenvalue weighted by atomic mass is 16.5. The zero-order chi connectivity index (χ0) is 12.3. The molecule has 0 aliphatic carbocycles. The minimum atomic E-state index is -0.779. The van der Waals surface area contributed by atoms with Crippen molar-refractivity contribution in [2.24, 2.45) is 0 Å². The molecule has 90 valence electrons. The lowest BCUT2D eigenvalue weighted by atomic mass is 10.0. The molecule has 0 saturated carbocycles. The molecule has 17 heavy (non-hydrogen) atoms. The Bertz CT molecular complexity index is 420. The van der Waals surface area contributed by atoms with Gasteiger partial charge in [0.25, 0.3) is 0 Å². The van der Waals surface area contributed by atoms with Crippen molar-refractivity contribution in [1.29, 1.82) is 5.26 Å². The number of hydrogen-bond donors (Lipinski definition) is 3. The molecular weight excluding hydrogens is 220 g/mol. The Morgan fingerprint density at radius 3 is 2.47 bits per heavy atom. The number of aliphatic hydroxyl groups is 2. The van der Waals surface area contributed by atoms with Crippen LogP contribution in [0, 0.1) is 11.3 Å². The van der Waals surface area contributed by atoms with E-state index in [1.165, 1.54) is 0 Å². The molecule has 3 N–H and O–H groups in total. The van der Waals surface area contributed by atoms with Gasteiger partial charge < -0.3 is 14.9 Å². The number of benzene rings is 1. The van der Waals surface area contributed by atoms with Crippen molar-refractivity contribution in [2.45, 2.75) is 11.8 Å². The number of nitriles is 1. The molecule has 0 aromatic heterocycles. The van der Waals surface area contributed by atoms with E-state index in [0.717, 1.165) is 5.56 Å². The Labute approximate surface area is 99.3 Å². The van der Waals surface area contributed by atoms with Crippen LogP contribution in [0.5, 0.6) is 0 Å². The largest absolute Gasteiger partial charge is 0.394 e. The molecule has 0 spiro atoms. The second-order valence-corrected chi connectivity index (χ2v) is 4.17. The van der Waals surface area contributed by atoms with E-state index in [9.17, 15) is 10.2 Å². The second kappa shape index (κ2) is 4.82.